The van der Waals surface area contributed by atoms with Crippen LogP contribution in [0.2, 0.25) is 0 Å². The number of hydrogen-bond acceptors (Lipinski definition) is 2. The Balaban J connectivity index is 0.00000312. The quantitative estimate of drug-likeness (QED) is 0.803. The van der Waals surface area contributed by atoms with E-state index in [0.29, 0.717) is 0 Å². The molecular weight excluding hydrogens is 332 g/mol. The summed E-state index contributed by atoms with van der Waals surface area (Å²) in [6.07, 6.45) is 1.79. The molecule has 0 aromatic heterocycles. The molecule has 136 valence electrons. The summed E-state index contributed by atoms with van der Waals surface area (Å²) in [4.78, 5) is 14.8. The van der Waals surface area contributed by atoms with Gasteiger partial charge in [0.15, 0.2) is 0 Å². The third-order valence-electron chi connectivity index (χ3n) is 4.79. The second kappa shape index (κ2) is 10.2. The average molecular weight is 361 g/mol. The predicted octanol–water partition coefficient (Wildman–Crippen LogP) is 4.22. The van der Waals surface area contributed by atoms with Crippen LogP contribution in [0.3, 0.4) is 0 Å². The number of amides is 1. The van der Waals surface area contributed by atoms with Gasteiger partial charge < -0.3 is 10.6 Å². The van der Waals surface area contributed by atoms with E-state index in [1.54, 1.807) is 0 Å². The molecule has 3 atom stereocenters. The van der Waals surface area contributed by atoms with Crippen LogP contribution in [-0.4, -0.2) is 23.9 Å². The van der Waals surface area contributed by atoms with E-state index < -0.39 is 0 Å². The summed E-state index contributed by atoms with van der Waals surface area (Å²) in [5, 5.41) is 0. The fourth-order valence-electron chi connectivity index (χ4n) is 3.06. The SMILES string of the molecule is CCC(Cc1ccccc1)N(C)C(=O)C(C)C(N)c1ccccc1.Cl. The summed E-state index contributed by atoms with van der Waals surface area (Å²) in [5.41, 5.74) is 8.58. The number of carbonyl (C=O) groups excluding carboxylic acids is 1. The van der Waals surface area contributed by atoms with Crippen LogP contribution in [-0.2, 0) is 11.2 Å². The molecule has 0 aliphatic carbocycles. The molecule has 3 nitrogen and oxygen atoms in total. The molecule has 0 spiro atoms. The van der Waals surface area contributed by atoms with Crippen molar-refractivity contribution in [3.8, 4) is 0 Å². The molecule has 0 radical (unpaired) electrons. The minimum Gasteiger partial charge on any atom is -0.342 e. The Morgan fingerprint density at radius 1 is 1.04 bits per heavy atom. The Morgan fingerprint density at radius 2 is 1.56 bits per heavy atom. The molecule has 0 bridgehead atoms. The number of rotatable bonds is 7. The fraction of sp³-hybridized carbons (Fsp3) is 0.381. The Bertz CT molecular complexity index is 633. The number of likely N-dealkylation sites (N-methyl/N-ethyl adjacent to an activating group) is 1. The van der Waals surface area contributed by atoms with E-state index in [0.717, 1.165) is 18.4 Å². The van der Waals surface area contributed by atoms with Crippen molar-refractivity contribution in [3.63, 3.8) is 0 Å². The largest absolute Gasteiger partial charge is 0.342 e. The maximum absolute atomic E-state index is 12.9. The highest BCUT2D eigenvalue weighted by molar-refractivity contribution is 5.85. The van der Waals surface area contributed by atoms with Gasteiger partial charge in [0, 0.05) is 19.1 Å². The molecule has 3 unspecified atom stereocenters. The summed E-state index contributed by atoms with van der Waals surface area (Å²) < 4.78 is 0. The maximum Gasteiger partial charge on any atom is 0.227 e. The zero-order chi connectivity index (χ0) is 17.5. The normalized spacial score (nSPS) is 14.1. The molecule has 0 aliphatic heterocycles. The molecule has 2 rings (SSSR count). The van der Waals surface area contributed by atoms with Crippen LogP contribution in [0.4, 0.5) is 0 Å². The number of benzene rings is 2. The summed E-state index contributed by atoms with van der Waals surface area (Å²) in [5.74, 6) is -0.142. The van der Waals surface area contributed by atoms with Gasteiger partial charge in [0.25, 0.3) is 0 Å². The molecule has 4 heteroatoms. The standard InChI is InChI=1S/C21H28N2O.ClH/c1-4-19(15-17-11-7-5-8-12-17)23(3)21(24)16(2)20(22)18-13-9-6-10-14-18;/h5-14,16,19-20H,4,15,22H2,1-3H3;1H. The Labute approximate surface area is 157 Å². The number of halogens is 1. The highest BCUT2D eigenvalue weighted by Gasteiger charge is 2.28. The molecule has 25 heavy (non-hydrogen) atoms. The lowest BCUT2D eigenvalue weighted by Gasteiger charge is -2.32. The number of nitrogens with two attached hydrogens (primary N) is 1. The van der Waals surface area contributed by atoms with Crippen molar-refractivity contribution in [2.75, 3.05) is 7.05 Å². The number of carbonyl (C=O) groups is 1. The molecule has 2 aromatic rings. The summed E-state index contributed by atoms with van der Waals surface area (Å²) in [6, 6.07) is 20.1. The third kappa shape index (κ3) is 5.58. The first kappa shape index (κ1) is 21.2. The molecular formula is C21H29ClN2O. The number of nitrogens with zero attached hydrogens (tertiary/aromatic N) is 1. The molecule has 0 saturated carbocycles. The minimum absolute atomic E-state index is 0. The first-order chi connectivity index (χ1) is 11.5. The summed E-state index contributed by atoms with van der Waals surface area (Å²) in [6.45, 7) is 4.05. The van der Waals surface area contributed by atoms with Gasteiger partial charge >= 0.3 is 0 Å². The van der Waals surface area contributed by atoms with Gasteiger partial charge in [0.1, 0.15) is 0 Å². The van der Waals surface area contributed by atoms with E-state index in [2.05, 4.69) is 19.1 Å². The average Bonchev–Trinajstić information content (AvgIpc) is 2.65. The van der Waals surface area contributed by atoms with Crippen LogP contribution in [0.25, 0.3) is 0 Å². The summed E-state index contributed by atoms with van der Waals surface area (Å²) >= 11 is 0. The Morgan fingerprint density at radius 3 is 2.08 bits per heavy atom. The van der Waals surface area contributed by atoms with Crippen LogP contribution in [0.15, 0.2) is 60.7 Å². The van der Waals surface area contributed by atoms with Crippen LogP contribution in [0, 0.1) is 5.92 Å². The van der Waals surface area contributed by atoms with Crippen LogP contribution >= 0.6 is 12.4 Å². The first-order valence-corrected chi connectivity index (χ1v) is 8.65. The summed E-state index contributed by atoms with van der Waals surface area (Å²) in [7, 11) is 1.90. The first-order valence-electron chi connectivity index (χ1n) is 8.65. The van der Waals surface area contributed by atoms with E-state index in [1.807, 2.05) is 67.4 Å². The highest BCUT2D eigenvalue weighted by Crippen LogP contribution is 2.22. The molecule has 1 amide bonds. The van der Waals surface area contributed by atoms with Crippen molar-refractivity contribution in [3.05, 3.63) is 71.8 Å². The van der Waals surface area contributed by atoms with E-state index in [1.165, 1.54) is 5.56 Å². The predicted molar refractivity (Wildman–Crippen MR) is 107 cm³/mol. The topological polar surface area (TPSA) is 46.3 Å². The second-order valence-corrected chi connectivity index (χ2v) is 6.43. The Hall–Kier alpha value is -1.84. The molecule has 2 N–H and O–H groups in total. The lowest BCUT2D eigenvalue weighted by Crippen LogP contribution is -2.43. The molecule has 2 aromatic carbocycles. The van der Waals surface area contributed by atoms with Gasteiger partial charge in [-0.05, 0) is 24.0 Å². The van der Waals surface area contributed by atoms with Gasteiger partial charge in [-0.3, -0.25) is 4.79 Å². The molecule has 0 heterocycles. The zero-order valence-corrected chi connectivity index (χ0v) is 16.1. The van der Waals surface area contributed by atoms with Crippen molar-refractivity contribution in [1.29, 1.82) is 0 Å². The van der Waals surface area contributed by atoms with Crippen molar-refractivity contribution in [2.24, 2.45) is 11.7 Å². The van der Waals surface area contributed by atoms with E-state index in [-0.39, 0.29) is 36.3 Å². The minimum atomic E-state index is -0.282. The zero-order valence-electron chi connectivity index (χ0n) is 15.3. The highest BCUT2D eigenvalue weighted by atomic mass is 35.5. The smallest absolute Gasteiger partial charge is 0.227 e. The monoisotopic (exact) mass is 360 g/mol. The van der Waals surface area contributed by atoms with Crippen molar-refractivity contribution in [1.82, 2.24) is 4.90 Å². The van der Waals surface area contributed by atoms with Gasteiger partial charge in [-0.25, -0.2) is 0 Å². The third-order valence-corrected chi connectivity index (χ3v) is 4.79. The van der Waals surface area contributed by atoms with Gasteiger partial charge in [-0.2, -0.15) is 0 Å². The number of hydrogen-bond donors (Lipinski definition) is 1. The molecule has 0 aliphatic rings. The van der Waals surface area contributed by atoms with Gasteiger partial charge in [0.05, 0.1) is 5.92 Å². The van der Waals surface area contributed by atoms with Crippen LogP contribution in [0.1, 0.15) is 37.4 Å². The lowest BCUT2D eigenvalue weighted by molar-refractivity contribution is -0.136. The fourth-order valence-corrected chi connectivity index (χ4v) is 3.06. The lowest BCUT2D eigenvalue weighted by atomic mass is 9.93. The second-order valence-electron chi connectivity index (χ2n) is 6.43. The van der Waals surface area contributed by atoms with Gasteiger partial charge in [-0.1, -0.05) is 74.5 Å². The van der Waals surface area contributed by atoms with E-state index >= 15 is 0 Å². The van der Waals surface area contributed by atoms with Gasteiger partial charge in [0.2, 0.25) is 5.91 Å². The van der Waals surface area contributed by atoms with Crippen LogP contribution < -0.4 is 5.73 Å². The van der Waals surface area contributed by atoms with Gasteiger partial charge in [-0.15, -0.1) is 12.4 Å². The van der Waals surface area contributed by atoms with E-state index in [4.69, 9.17) is 5.73 Å². The van der Waals surface area contributed by atoms with Crippen molar-refractivity contribution in [2.45, 2.75) is 38.8 Å². The van der Waals surface area contributed by atoms with Crippen molar-refractivity contribution < 1.29 is 4.79 Å². The molecule has 0 saturated heterocycles. The Kier molecular flexibility index (Phi) is 8.67. The van der Waals surface area contributed by atoms with Crippen LogP contribution in [0.5, 0.6) is 0 Å². The van der Waals surface area contributed by atoms with E-state index in [9.17, 15) is 4.79 Å². The maximum atomic E-state index is 12.9. The molecule has 0 fully saturated rings. The van der Waals surface area contributed by atoms with Crippen molar-refractivity contribution >= 4 is 18.3 Å².